The minimum atomic E-state index is -0.754. The van der Waals surface area contributed by atoms with Crippen molar-refractivity contribution in [2.24, 2.45) is 0 Å². The molecule has 24 heavy (non-hydrogen) atoms. The van der Waals surface area contributed by atoms with Gasteiger partial charge in [-0.15, -0.1) is 22.7 Å². The number of nitrogens with one attached hydrogen (secondary N) is 1. The monoisotopic (exact) mass is 386 g/mol. The molecule has 2 aromatic heterocycles. The second kappa shape index (κ2) is 9.76. The van der Waals surface area contributed by atoms with Gasteiger partial charge >= 0.3 is 5.97 Å². The van der Waals surface area contributed by atoms with Gasteiger partial charge in [-0.25, -0.2) is 4.98 Å². The molecule has 0 aliphatic carbocycles. The first-order chi connectivity index (χ1) is 11.5. The van der Waals surface area contributed by atoms with E-state index in [2.05, 4.69) is 10.3 Å². The SMILES string of the molecule is O=C(O)CCCCCCNC(=O)Cc1csc(-c2ccc(Cl)s2)n1. The van der Waals surface area contributed by atoms with Crippen molar-refractivity contribution in [1.29, 1.82) is 0 Å². The molecule has 2 aromatic rings. The number of amides is 1. The number of aliphatic carboxylic acids is 1. The number of thiazole rings is 1. The number of carbonyl (C=O) groups excluding carboxylic acids is 1. The quantitative estimate of drug-likeness (QED) is 0.599. The Kier molecular flexibility index (Phi) is 7.68. The van der Waals surface area contributed by atoms with E-state index in [9.17, 15) is 9.59 Å². The molecule has 0 aliphatic rings. The summed E-state index contributed by atoms with van der Waals surface area (Å²) in [4.78, 5) is 27.8. The Morgan fingerprint density at radius 1 is 1.21 bits per heavy atom. The smallest absolute Gasteiger partial charge is 0.303 e. The molecule has 5 nitrogen and oxygen atoms in total. The van der Waals surface area contributed by atoms with E-state index in [1.165, 1.54) is 22.7 Å². The molecule has 0 spiro atoms. The van der Waals surface area contributed by atoms with E-state index in [1.54, 1.807) is 0 Å². The fraction of sp³-hybridized carbons (Fsp3) is 0.438. The minimum Gasteiger partial charge on any atom is -0.481 e. The van der Waals surface area contributed by atoms with Crippen LogP contribution < -0.4 is 5.32 Å². The highest BCUT2D eigenvalue weighted by molar-refractivity contribution is 7.23. The summed E-state index contributed by atoms with van der Waals surface area (Å²) in [5.74, 6) is -0.794. The largest absolute Gasteiger partial charge is 0.481 e. The number of carboxylic acids is 1. The molecule has 130 valence electrons. The van der Waals surface area contributed by atoms with Gasteiger partial charge in [-0.2, -0.15) is 0 Å². The molecule has 1 amide bonds. The summed E-state index contributed by atoms with van der Waals surface area (Å²) in [5.41, 5.74) is 0.762. The molecule has 2 N–H and O–H groups in total. The van der Waals surface area contributed by atoms with Gasteiger partial charge in [0.05, 0.1) is 21.3 Å². The van der Waals surface area contributed by atoms with Crippen LogP contribution in [0.1, 0.15) is 37.8 Å². The molecule has 0 fully saturated rings. The molecule has 0 saturated carbocycles. The van der Waals surface area contributed by atoms with Crippen LogP contribution in [0.3, 0.4) is 0 Å². The summed E-state index contributed by atoms with van der Waals surface area (Å²) in [6.07, 6.45) is 3.84. The van der Waals surface area contributed by atoms with E-state index in [1.807, 2.05) is 17.5 Å². The first kappa shape index (κ1) is 18.9. The van der Waals surface area contributed by atoms with Crippen LogP contribution >= 0.6 is 34.3 Å². The Morgan fingerprint density at radius 3 is 2.71 bits per heavy atom. The summed E-state index contributed by atoms with van der Waals surface area (Å²) < 4.78 is 0.725. The normalized spacial score (nSPS) is 10.7. The van der Waals surface area contributed by atoms with E-state index in [0.717, 1.165) is 39.2 Å². The highest BCUT2D eigenvalue weighted by Crippen LogP contribution is 2.32. The maximum atomic E-state index is 11.9. The van der Waals surface area contributed by atoms with Crippen LogP contribution in [-0.4, -0.2) is 28.5 Å². The number of rotatable bonds is 10. The minimum absolute atomic E-state index is 0.0402. The third-order valence-electron chi connectivity index (χ3n) is 3.32. The van der Waals surface area contributed by atoms with Crippen LogP contribution in [-0.2, 0) is 16.0 Å². The maximum absolute atomic E-state index is 11.9. The van der Waals surface area contributed by atoms with E-state index in [4.69, 9.17) is 16.7 Å². The summed E-state index contributed by atoms with van der Waals surface area (Å²) in [5, 5.41) is 14.2. The van der Waals surface area contributed by atoms with Crippen molar-refractivity contribution in [3.8, 4) is 9.88 Å². The van der Waals surface area contributed by atoms with E-state index in [-0.39, 0.29) is 18.7 Å². The average Bonchev–Trinajstić information content (AvgIpc) is 3.15. The van der Waals surface area contributed by atoms with E-state index < -0.39 is 5.97 Å². The van der Waals surface area contributed by atoms with Crippen LogP contribution in [0.2, 0.25) is 4.34 Å². The molecular weight excluding hydrogens is 368 g/mol. The Hall–Kier alpha value is -1.44. The number of hydrogen-bond acceptors (Lipinski definition) is 5. The number of thiophene rings is 1. The van der Waals surface area contributed by atoms with Crippen LogP contribution in [0.5, 0.6) is 0 Å². The zero-order valence-corrected chi connectivity index (χ0v) is 15.5. The van der Waals surface area contributed by atoms with Crippen LogP contribution in [0, 0.1) is 0 Å². The topological polar surface area (TPSA) is 79.3 Å². The van der Waals surface area contributed by atoms with Crippen molar-refractivity contribution in [3.05, 3.63) is 27.5 Å². The molecule has 0 saturated heterocycles. The first-order valence-electron chi connectivity index (χ1n) is 7.73. The molecule has 0 aromatic carbocycles. The molecule has 2 rings (SSSR count). The Morgan fingerprint density at radius 2 is 2.00 bits per heavy atom. The standard InChI is InChI=1S/C16H19ClN2O3S2/c17-13-7-6-12(24-13)16-19-11(10-23-16)9-14(20)18-8-4-2-1-3-5-15(21)22/h6-7,10H,1-5,8-9H2,(H,18,20)(H,21,22). The number of hydrogen-bond donors (Lipinski definition) is 2. The van der Waals surface area contributed by atoms with Crippen molar-refractivity contribution in [1.82, 2.24) is 10.3 Å². The van der Waals surface area contributed by atoms with Crippen LogP contribution in [0.25, 0.3) is 9.88 Å². The summed E-state index contributed by atoms with van der Waals surface area (Å²) in [6.45, 7) is 0.615. The van der Waals surface area contributed by atoms with Gasteiger partial charge in [-0.1, -0.05) is 24.4 Å². The molecule has 0 aliphatic heterocycles. The molecule has 0 bridgehead atoms. The highest BCUT2D eigenvalue weighted by Gasteiger charge is 2.10. The Balaban J connectivity index is 1.64. The molecule has 2 heterocycles. The van der Waals surface area contributed by atoms with Crippen LogP contribution in [0.15, 0.2) is 17.5 Å². The van der Waals surface area contributed by atoms with Crippen molar-refractivity contribution in [2.75, 3.05) is 6.54 Å². The van der Waals surface area contributed by atoms with Crippen molar-refractivity contribution >= 4 is 46.2 Å². The fourth-order valence-electron chi connectivity index (χ4n) is 2.14. The second-order valence-electron chi connectivity index (χ2n) is 5.33. The van der Waals surface area contributed by atoms with Gasteiger partial charge in [-0.05, 0) is 25.0 Å². The average molecular weight is 387 g/mol. The molecule has 0 atom stereocenters. The Bertz CT molecular complexity index is 684. The number of carbonyl (C=O) groups is 2. The number of unbranched alkanes of at least 4 members (excludes halogenated alkanes) is 3. The first-order valence-corrected chi connectivity index (χ1v) is 9.80. The van der Waals surface area contributed by atoms with Gasteiger partial charge < -0.3 is 10.4 Å². The Labute approximate surface area is 153 Å². The maximum Gasteiger partial charge on any atom is 0.303 e. The lowest BCUT2D eigenvalue weighted by molar-refractivity contribution is -0.137. The predicted molar refractivity (Wildman–Crippen MR) is 97.9 cm³/mol. The highest BCUT2D eigenvalue weighted by atomic mass is 35.5. The van der Waals surface area contributed by atoms with Crippen molar-refractivity contribution in [3.63, 3.8) is 0 Å². The van der Waals surface area contributed by atoms with Gasteiger partial charge in [0.1, 0.15) is 5.01 Å². The summed E-state index contributed by atoms with van der Waals surface area (Å²) in [7, 11) is 0. The lowest BCUT2D eigenvalue weighted by Gasteiger charge is -2.03. The third kappa shape index (κ3) is 6.59. The van der Waals surface area contributed by atoms with Crippen LogP contribution in [0.4, 0.5) is 0 Å². The lowest BCUT2D eigenvalue weighted by Crippen LogP contribution is -2.26. The van der Waals surface area contributed by atoms with Gasteiger partial charge in [0, 0.05) is 18.3 Å². The zero-order valence-electron chi connectivity index (χ0n) is 13.1. The van der Waals surface area contributed by atoms with Crippen molar-refractivity contribution < 1.29 is 14.7 Å². The van der Waals surface area contributed by atoms with E-state index in [0.29, 0.717) is 13.0 Å². The van der Waals surface area contributed by atoms with Gasteiger partial charge in [0.15, 0.2) is 0 Å². The number of aromatic nitrogens is 1. The fourth-order valence-corrected chi connectivity index (χ4v) is 4.07. The molecule has 0 radical (unpaired) electrons. The second-order valence-corrected chi connectivity index (χ2v) is 7.91. The molecular formula is C16H19ClN2O3S2. The molecule has 0 unspecified atom stereocenters. The lowest BCUT2D eigenvalue weighted by atomic mass is 10.1. The predicted octanol–water partition coefficient (Wildman–Crippen LogP) is 4.22. The number of nitrogens with zero attached hydrogens (tertiary/aromatic N) is 1. The summed E-state index contributed by atoms with van der Waals surface area (Å²) >= 11 is 8.91. The molecule has 8 heteroatoms. The zero-order chi connectivity index (χ0) is 17.4. The summed E-state index contributed by atoms with van der Waals surface area (Å²) in [6, 6.07) is 3.77. The third-order valence-corrected chi connectivity index (χ3v) is 5.61. The number of carboxylic acid groups (broad SMARTS) is 1. The number of halogens is 1. The van der Waals surface area contributed by atoms with Gasteiger partial charge in [0.2, 0.25) is 5.91 Å². The van der Waals surface area contributed by atoms with E-state index >= 15 is 0 Å². The van der Waals surface area contributed by atoms with Gasteiger partial charge in [-0.3, -0.25) is 9.59 Å². The van der Waals surface area contributed by atoms with Crippen molar-refractivity contribution in [2.45, 2.75) is 38.5 Å². The van der Waals surface area contributed by atoms with Gasteiger partial charge in [0.25, 0.3) is 0 Å².